The van der Waals surface area contributed by atoms with Crippen LogP contribution >= 0.6 is 0 Å². The minimum atomic E-state index is -3.70. The summed E-state index contributed by atoms with van der Waals surface area (Å²) in [5, 5.41) is 2.95. The van der Waals surface area contributed by atoms with Gasteiger partial charge in [-0.2, -0.15) is 4.31 Å². The average molecular weight is 387 g/mol. The van der Waals surface area contributed by atoms with E-state index in [1.807, 2.05) is 31.2 Å². The summed E-state index contributed by atoms with van der Waals surface area (Å²) in [6.07, 6.45) is 1.20. The maximum Gasteiger partial charge on any atom is 0.243 e. The number of anilines is 1. The Morgan fingerprint density at radius 2 is 1.78 bits per heavy atom. The molecule has 144 valence electrons. The summed E-state index contributed by atoms with van der Waals surface area (Å²) >= 11 is 0. The zero-order valence-corrected chi connectivity index (χ0v) is 16.8. The first kappa shape index (κ1) is 19.6. The van der Waals surface area contributed by atoms with Crippen molar-refractivity contribution < 1.29 is 13.2 Å². The summed E-state index contributed by atoms with van der Waals surface area (Å²) in [5.74, 6) is -0.00578. The molecule has 2 aromatic carbocycles. The highest BCUT2D eigenvalue weighted by Crippen LogP contribution is 2.29. The van der Waals surface area contributed by atoms with Crippen LogP contribution in [-0.4, -0.2) is 31.2 Å². The first-order valence-electron chi connectivity index (χ1n) is 9.29. The third-order valence-electron chi connectivity index (χ3n) is 4.97. The highest BCUT2D eigenvalue weighted by atomic mass is 32.2. The molecule has 0 bridgehead atoms. The number of sulfonamides is 1. The fourth-order valence-corrected chi connectivity index (χ4v) is 5.12. The molecular formula is C21H26N2O3S. The van der Waals surface area contributed by atoms with E-state index in [-0.39, 0.29) is 16.7 Å². The Labute approximate surface area is 161 Å². The van der Waals surface area contributed by atoms with Gasteiger partial charge in [0.2, 0.25) is 15.9 Å². The van der Waals surface area contributed by atoms with Crippen LogP contribution in [0.2, 0.25) is 0 Å². The van der Waals surface area contributed by atoms with Crippen LogP contribution in [0.4, 0.5) is 5.69 Å². The van der Waals surface area contributed by atoms with E-state index in [4.69, 9.17) is 0 Å². The highest BCUT2D eigenvalue weighted by Gasteiger charge is 2.39. The number of nitrogens with one attached hydrogen (secondary N) is 1. The normalized spacial score (nSPS) is 18.0. The van der Waals surface area contributed by atoms with Gasteiger partial charge in [-0.3, -0.25) is 4.79 Å². The van der Waals surface area contributed by atoms with Crippen molar-refractivity contribution in [2.45, 2.75) is 50.5 Å². The van der Waals surface area contributed by atoms with Crippen LogP contribution in [0, 0.1) is 6.92 Å². The Morgan fingerprint density at radius 3 is 2.44 bits per heavy atom. The predicted molar refractivity (Wildman–Crippen MR) is 107 cm³/mol. The molecule has 27 heavy (non-hydrogen) atoms. The molecule has 1 fully saturated rings. The van der Waals surface area contributed by atoms with Crippen molar-refractivity contribution in [3.05, 3.63) is 59.7 Å². The second kappa shape index (κ2) is 7.82. The minimum Gasteiger partial charge on any atom is -0.324 e. The fraction of sp³-hybridized carbons (Fsp3) is 0.381. The van der Waals surface area contributed by atoms with Gasteiger partial charge in [-0.1, -0.05) is 49.7 Å². The van der Waals surface area contributed by atoms with Crippen LogP contribution in [0.1, 0.15) is 43.7 Å². The van der Waals surface area contributed by atoms with Gasteiger partial charge in [-0.25, -0.2) is 8.42 Å². The molecule has 6 heteroatoms. The number of hydrogen-bond donors (Lipinski definition) is 1. The smallest absolute Gasteiger partial charge is 0.243 e. The van der Waals surface area contributed by atoms with E-state index < -0.39 is 16.1 Å². The summed E-state index contributed by atoms with van der Waals surface area (Å²) in [5.41, 5.74) is 2.78. The SMILES string of the molecule is Cc1ccc(S(=O)(=O)N2CCC[C@H]2C(=O)Nc2ccccc2C(C)C)cc1. The largest absolute Gasteiger partial charge is 0.324 e. The Hall–Kier alpha value is -2.18. The van der Waals surface area contributed by atoms with E-state index in [0.29, 0.717) is 19.4 Å². The molecule has 5 nitrogen and oxygen atoms in total. The first-order chi connectivity index (χ1) is 12.8. The van der Waals surface area contributed by atoms with E-state index in [1.165, 1.54) is 4.31 Å². The summed E-state index contributed by atoms with van der Waals surface area (Å²) in [4.78, 5) is 13.1. The number of amides is 1. The summed E-state index contributed by atoms with van der Waals surface area (Å²) in [7, 11) is -3.70. The molecule has 0 radical (unpaired) electrons. The molecule has 1 heterocycles. The third-order valence-corrected chi connectivity index (χ3v) is 6.90. The van der Waals surface area contributed by atoms with Gasteiger partial charge in [-0.05, 0) is 49.4 Å². The van der Waals surface area contributed by atoms with Crippen LogP contribution in [0.5, 0.6) is 0 Å². The fourth-order valence-electron chi connectivity index (χ4n) is 3.47. The van der Waals surface area contributed by atoms with Gasteiger partial charge in [-0.15, -0.1) is 0 Å². The zero-order chi connectivity index (χ0) is 19.6. The average Bonchev–Trinajstić information content (AvgIpc) is 3.13. The molecule has 1 aliphatic heterocycles. The zero-order valence-electron chi connectivity index (χ0n) is 16.0. The lowest BCUT2D eigenvalue weighted by Gasteiger charge is -2.24. The predicted octanol–water partition coefficient (Wildman–Crippen LogP) is 3.91. The van der Waals surface area contributed by atoms with E-state index >= 15 is 0 Å². The second-order valence-electron chi connectivity index (χ2n) is 7.32. The number of nitrogens with zero attached hydrogens (tertiary/aromatic N) is 1. The lowest BCUT2D eigenvalue weighted by molar-refractivity contribution is -0.119. The molecule has 2 aromatic rings. The van der Waals surface area contributed by atoms with E-state index in [2.05, 4.69) is 19.2 Å². The van der Waals surface area contributed by atoms with Crippen LogP contribution in [0.15, 0.2) is 53.4 Å². The molecular weight excluding hydrogens is 360 g/mol. The van der Waals surface area contributed by atoms with E-state index in [0.717, 1.165) is 16.8 Å². The molecule has 1 atom stereocenters. The molecule has 0 aliphatic carbocycles. The van der Waals surface area contributed by atoms with Crippen molar-refractivity contribution in [1.82, 2.24) is 4.31 Å². The number of benzene rings is 2. The molecule has 0 saturated carbocycles. The van der Waals surface area contributed by atoms with Crippen molar-refractivity contribution >= 4 is 21.6 Å². The maximum atomic E-state index is 13.0. The molecule has 3 rings (SSSR count). The maximum absolute atomic E-state index is 13.0. The molecule has 1 aliphatic rings. The summed E-state index contributed by atoms with van der Waals surface area (Å²) in [6, 6.07) is 13.7. The van der Waals surface area contributed by atoms with Crippen molar-refractivity contribution in [3.63, 3.8) is 0 Å². The lowest BCUT2D eigenvalue weighted by Crippen LogP contribution is -2.43. The van der Waals surface area contributed by atoms with Gasteiger partial charge in [0, 0.05) is 12.2 Å². The van der Waals surface area contributed by atoms with Gasteiger partial charge >= 0.3 is 0 Å². The van der Waals surface area contributed by atoms with Crippen molar-refractivity contribution in [1.29, 1.82) is 0 Å². The molecule has 1 N–H and O–H groups in total. The Balaban J connectivity index is 1.84. The number of aryl methyl sites for hydroxylation is 1. The quantitative estimate of drug-likeness (QED) is 0.847. The van der Waals surface area contributed by atoms with E-state index in [1.54, 1.807) is 24.3 Å². The number of para-hydroxylation sites is 1. The Bertz CT molecular complexity index is 921. The Kier molecular flexibility index (Phi) is 5.67. The molecule has 0 unspecified atom stereocenters. The topological polar surface area (TPSA) is 66.5 Å². The van der Waals surface area contributed by atoms with Crippen molar-refractivity contribution in [2.75, 3.05) is 11.9 Å². The number of rotatable bonds is 5. The molecule has 0 spiro atoms. The minimum absolute atomic E-state index is 0.232. The van der Waals surface area contributed by atoms with Gasteiger partial charge in [0.15, 0.2) is 0 Å². The number of carbonyl (C=O) groups is 1. The van der Waals surface area contributed by atoms with Crippen molar-refractivity contribution in [3.8, 4) is 0 Å². The first-order valence-corrected chi connectivity index (χ1v) is 10.7. The Morgan fingerprint density at radius 1 is 1.11 bits per heavy atom. The molecule has 0 aromatic heterocycles. The highest BCUT2D eigenvalue weighted by molar-refractivity contribution is 7.89. The third kappa shape index (κ3) is 4.06. The van der Waals surface area contributed by atoms with Crippen molar-refractivity contribution in [2.24, 2.45) is 0 Å². The molecule has 1 saturated heterocycles. The number of carbonyl (C=O) groups excluding carboxylic acids is 1. The van der Waals surface area contributed by atoms with Crippen LogP contribution in [0.3, 0.4) is 0 Å². The lowest BCUT2D eigenvalue weighted by atomic mass is 10.0. The van der Waals surface area contributed by atoms with Gasteiger partial charge in [0.1, 0.15) is 6.04 Å². The number of hydrogen-bond acceptors (Lipinski definition) is 3. The summed E-state index contributed by atoms with van der Waals surface area (Å²) in [6.45, 7) is 6.40. The standard InChI is InChI=1S/C21H26N2O3S/c1-15(2)18-7-4-5-8-19(18)22-21(24)20-9-6-14-23(20)27(25,26)17-12-10-16(3)11-13-17/h4-5,7-8,10-13,15,20H,6,9,14H2,1-3H3,(H,22,24)/t20-/m0/s1. The van der Waals surface area contributed by atoms with Crippen LogP contribution in [0.25, 0.3) is 0 Å². The second-order valence-corrected chi connectivity index (χ2v) is 9.21. The van der Waals surface area contributed by atoms with Gasteiger partial charge in [0.05, 0.1) is 4.90 Å². The van der Waals surface area contributed by atoms with Crippen LogP contribution < -0.4 is 5.32 Å². The van der Waals surface area contributed by atoms with Gasteiger partial charge in [0.25, 0.3) is 0 Å². The van der Waals surface area contributed by atoms with Crippen LogP contribution in [-0.2, 0) is 14.8 Å². The summed E-state index contributed by atoms with van der Waals surface area (Å²) < 4.78 is 27.4. The monoisotopic (exact) mass is 386 g/mol. The molecule has 1 amide bonds. The van der Waals surface area contributed by atoms with Gasteiger partial charge < -0.3 is 5.32 Å². The van der Waals surface area contributed by atoms with E-state index in [9.17, 15) is 13.2 Å².